The van der Waals surface area contributed by atoms with E-state index in [1.54, 1.807) is 42.5 Å². The number of rotatable bonds is 6. The molecule has 168 valence electrons. The molecule has 33 heavy (non-hydrogen) atoms. The molecule has 2 heterocycles. The summed E-state index contributed by atoms with van der Waals surface area (Å²) in [4.78, 5) is 41.6. The molecule has 0 aromatic heterocycles. The van der Waals surface area contributed by atoms with Gasteiger partial charge in [0.15, 0.2) is 0 Å². The van der Waals surface area contributed by atoms with E-state index in [4.69, 9.17) is 15.0 Å². The second-order valence-corrected chi connectivity index (χ2v) is 7.66. The van der Waals surface area contributed by atoms with Crippen LogP contribution < -0.4 is 5.32 Å². The van der Waals surface area contributed by atoms with Gasteiger partial charge in [0.1, 0.15) is 24.1 Å². The molecule has 4 rings (SSSR count). The number of carbonyl (C=O) groups excluding carboxylic acids is 3. The van der Waals surface area contributed by atoms with Crippen LogP contribution in [0.15, 0.2) is 65.4 Å². The first-order chi connectivity index (χ1) is 16.0. The van der Waals surface area contributed by atoms with Crippen LogP contribution in [0.2, 0.25) is 0 Å². The molecule has 3 atom stereocenters. The van der Waals surface area contributed by atoms with E-state index in [0.717, 1.165) is 11.1 Å². The maximum absolute atomic E-state index is 12.6. The van der Waals surface area contributed by atoms with E-state index < -0.39 is 36.3 Å². The van der Waals surface area contributed by atoms with Crippen LogP contribution >= 0.6 is 0 Å². The zero-order valence-corrected chi connectivity index (χ0v) is 17.7. The fourth-order valence-corrected chi connectivity index (χ4v) is 3.73. The van der Waals surface area contributed by atoms with Crippen molar-refractivity contribution in [2.75, 3.05) is 6.54 Å². The van der Waals surface area contributed by atoms with Gasteiger partial charge in [0.05, 0.1) is 12.1 Å². The number of ether oxygens (including phenoxy) is 2. The molecule has 0 spiro atoms. The Morgan fingerprint density at radius 3 is 2.67 bits per heavy atom. The van der Waals surface area contributed by atoms with Crippen molar-refractivity contribution < 1.29 is 23.9 Å². The summed E-state index contributed by atoms with van der Waals surface area (Å²) in [7, 11) is 0. The van der Waals surface area contributed by atoms with Crippen molar-refractivity contribution in [3.05, 3.63) is 87.4 Å². The number of nitrogens with one attached hydrogen (secondary N) is 1. The van der Waals surface area contributed by atoms with Crippen molar-refractivity contribution in [1.29, 1.82) is 0 Å². The third-order valence-electron chi connectivity index (χ3n) is 5.37. The van der Waals surface area contributed by atoms with Gasteiger partial charge in [-0.25, -0.2) is 9.59 Å². The number of carbonyl (C=O) groups is 3. The zero-order valence-electron chi connectivity index (χ0n) is 17.7. The van der Waals surface area contributed by atoms with Crippen molar-refractivity contribution in [3.8, 4) is 0 Å². The largest absolute Gasteiger partial charge is 0.456 e. The van der Waals surface area contributed by atoms with Crippen LogP contribution in [0.3, 0.4) is 0 Å². The van der Waals surface area contributed by atoms with Crippen LogP contribution in [0.25, 0.3) is 16.5 Å². The summed E-state index contributed by atoms with van der Waals surface area (Å²) < 4.78 is 11.6. The number of nitrogens with zero attached hydrogens (tertiary/aromatic N) is 4. The Bertz CT molecular complexity index is 1140. The number of hydrogen-bond donors (Lipinski definition) is 1. The number of benzene rings is 2. The van der Waals surface area contributed by atoms with Gasteiger partial charge in [-0.1, -0.05) is 53.1 Å². The molecule has 2 saturated heterocycles. The van der Waals surface area contributed by atoms with Gasteiger partial charge in [-0.3, -0.25) is 15.0 Å². The second-order valence-electron chi connectivity index (χ2n) is 7.66. The van der Waals surface area contributed by atoms with E-state index >= 15 is 0 Å². The van der Waals surface area contributed by atoms with Crippen LogP contribution in [0.5, 0.6) is 0 Å². The molecule has 2 fully saturated rings. The summed E-state index contributed by atoms with van der Waals surface area (Å²) in [5.74, 6) is -1.11. The molecule has 2 aliphatic heterocycles. The van der Waals surface area contributed by atoms with Crippen molar-refractivity contribution in [3.63, 3.8) is 0 Å². The molecule has 3 amide bonds. The van der Waals surface area contributed by atoms with Crippen LogP contribution in [-0.4, -0.2) is 47.8 Å². The van der Waals surface area contributed by atoms with Crippen molar-refractivity contribution in [1.82, 2.24) is 10.2 Å². The lowest BCUT2D eigenvalue weighted by Crippen LogP contribution is -2.37. The minimum absolute atomic E-state index is 0.0972. The molecule has 1 N–H and O–H groups in total. The smallest absolute Gasteiger partial charge is 0.338 e. The van der Waals surface area contributed by atoms with Crippen molar-refractivity contribution in [2.45, 2.75) is 31.8 Å². The molecule has 10 nitrogen and oxygen atoms in total. The third-order valence-corrected chi connectivity index (χ3v) is 5.37. The normalized spacial score (nSPS) is 23.4. The van der Waals surface area contributed by atoms with E-state index in [0.29, 0.717) is 5.56 Å². The van der Waals surface area contributed by atoms with Gasteiger partial charge in [0.2, 0.25) is 0 Å². The fraction of sp³-hybridized carbons (Fsp3) is 0.261. The van der Waals surface area contributed by atoms with E-state index in [1.165, 1.54) is 4.90 Å². The van der Waals surface area contributed by atoms with Crippen molar-refractivity contribution >= 4 is 24.0 Å². The average molecular weight is 447 g/mol. The van der Waals surface area contributed by atoms with E-state index in [2.05, 4.69) is 15.3 Å². The van der Waals surface area contributed by atoms with Crippen LogP contribution in [-0.2, 0) is 14.3 Å². The summed E-state index contributed by atoms with van der Waals surface area (Å²) in [6.45, 7) is 1.81. The van der Waals surface area contributed by atoms with E-state index in [9.17, 15) is 14.4 Å². The molecule has 2 aromatic carbocycles. The first kappa shape index (κ1) is 22.1. The minimum Gasteiger partial charge on any atom is -0.456 e. The molecule has 0 unspecified atom stereocenters. The van der Waals surface area contributed by atoms with E-state index in [-0.39, 0.29) is 18.7 Å². The van der Waals surface area contributed by atoms with Crippen LogP contribution in [0.4, 0.5) is 4.79 Å². The highest BCUT2D eigenvalue weighted by Crippen LogP contribution is 2.32. The Morgan fingerprint density at radius 2 is 1.97 bits per heavy atom. The predicted octanol–water partition coefficient (Wildman–Crippen LogP) is 3.54. The topological polar surface area (TPSA) is 134 Å². The Morgan fingerprint density at radius 1 is 1.24 bits per heavy atom. The number of amides is 3. The molecule has 0 saturated carbocycles. The molecular weight excluding hydrogens is 426 g/mol. The highest BCUT2D eigenvalue weighted by molar-refractivity contribution is 6.14. The number of azide groups is 1. The monoisotopic (exact) mass is 447 g/mol. The van der Waals surface area contributed by atoms with Gasteiger partial charge in [0, 0.05) is 11.3 Å². The highest BCUT2D eigenvalue weighted by atomic mass is 16.6. The molecule has 2 aliphatic rings. The number of hydrogen-bond acceptors (Lipinski definition) is 6. The lowest BCUT2D eigenvalue weighted by atomic mass is 10.1. The summed E-state index contributed by atoms with van der Waals surface area (Å²) in [5, 5.41) is 5.81. The Hall–Kier alpha value is -4.14. The van der Waals surface area contributed by atoms with E-state index in [1.807, 2.05) is 25.1 Å². The summed E-state index contributed by atoms with van der Waals surface area (Å²) in [5.41, 5.74) is 10.9. The number of esters is 1. The van der Waals surface area contributed by atoms with Gasteiger partial charge in [0.25, 0.3) is 5.91 Å². The van der Waals surface area contributed by atoms with Crippen LogP contribution in [0, 0.1) is 6.92 Å². The van der Waals surface area contributed by atoms with Gasteiger partial charge >= 0.3 is 12.0 Å². The van der Waals surface area contributed by atoms with Crippen LogP contribution in [0.1, 0.15) is 27.9 Å². The predicted molar refractivity (Wildman–Crippen MR) is 117 cm³/mol. The lowest BCUT2D eigenvalue weighted by molar-refractivity contribution is -0.116. The number of urea groups is 1. The Balaban J connectivity index is 1.57. The highest BCUT2D eigenvalue weighted by Gasteiger charge is 2.46. The Labute approximate surface area is 189 Å². The summed E-state index contributed by atoms with van der Waals surface area (Å²) in [6, 6.07) is 15.3. The fourth-order valence-electron chi connectivity index (χ4n) is 3.73. The first-order valence-corrected chi connectivity index (χ1v) is 10.3. The standard InChI is InChI=1S/C23H21N5O5/c1-14-7-9-16(10-8-14)22(30)33-18-12-20(32-19(18)13-25-27-24)28-17(21(29)26-23(28)31)11-15-5-3-2-4-6-15/h2-11,18-20H,12-13H2,1H3,(H,26,29,31)/b17-11-/t18-,19+,20+/m0/s1. The zero-order chi connectivity index (χ0) is 23.4. The second kappa shape index (κ2) is 9.56. The molecule has 2 aromatic rings. The van der Waals surface area contributed by atoms with Gasteiger partial charge in [-0.2, -0.15) is 0 Å². The average Bonchev–Trinajstić information content (AvgIpc) is 3.32. The molecule has 0 radical (unpaired) electrons. The molecular formula is C23H21N5O5. The van der Waals surface area contributed by atoms with Gasteiger partial charge in [-0.05, 0) is 36.2 Å². The van der Waals surface area contributed by atoms with Gasteiger partial charge in [-0.15, -0.1) is 0 Å². The minimum atomic E-state index is -0.888. The summed E-state index contributed by atoms with van der Waals surface area (Å²) in [6.07, 6.45) is -0.757. The quantitative estimate of drug-likeness (QED) is 0.181. The molecule has 0 bridgehead atoms. The number of imide groups is 1. The molecule has 0 aliphatic carbocycles. The maximum atomic E-state index is 12.6. The number of aryl methyl sites for hydroxylation is 1. The summed E-state index contributed by atoms with van der Waals surface area (Å²) >= 11 is 0. The SMILES string of the molecule is Cc1ccc(C(=O)O[C@H]2C[C@H](N3C(=O)NC(=O)/C3=C/c3ccccc3)O[C@@H]2CN=[N+]=[N-])cc1. The third kappa shape index (κ3) is 4.87. The van der Waals surface area contributed by atoms with Gasteiger partial charge < -0.3 is 9.47 Å². The molecule has 10 heteroatoms. The Kier molecular flexibility index (Phi) is 6.39. The lowest BCUT2D eigenvalue weighted by Gasteiger charge is -2.22. The maximum Gasteiger partial charge on any atom is 0.338 e. The van der Waals surface area contributed by atoms with Crippen molar-refractivity contribution in [2.24, 2.45) is 5.11 Å². The first-order valence-electron chi connectivity index (χ1n) is 10.3.